The van der Waals surface area contributed by atoms with Crippen molar-refractivity contribution in [2.75, 3.05) is 52.5 Å². The fraction of sp³-hybridized carbons (Fsp3) is 0.467. The Hall–Kier alpha value is -3.36. The number of carbonyl (C=O) groups excluding carboxylic acids is 2. The first kappa shape index (κ1) is 26.3. The number of carbonyl (C=O) groups is 2. The Labute approximate surface area is 224 Å². The van der Waals surface area contributed by atoms with Crippen molar-refractivity contribution in [1.82, 2.24) is 14.7 Å². The van der Waals surface area contributed by atoms with E-state index in [-0.39, 0.29) is 35.9 Å². The predicted molar refractivity (Wildman–Crippen MR) is 143 cm³/mol. The van der Waals surface area contributed by atoms with Gasteiger partial charge in [0.1, 0.15) is 18.1 Å². The standard InChI is InChI=1S/C30H37N3O5/c34-27-9-3-1-6-25(27)19-31-20-26-7-2-4-10-28(26)38-15-5-8-24-21-33(30(36)22-31)12-11-23(24)18-29(35)32-13-16-37-17-14-32/h1-10,23-24,34H,11-22H2/b8-5-/t23-,24-/m0/s1. The zero-order valence-corrected chi connectivity index (χ0v) is 21.8. The molecule has 2 bridgehead atoms. The molecule has 8 nitrogen and oxygen atoms in total. The molecule has 0 unspecified atom stereocenters. The SMILES string of the molecule is O=C(C[C@@H]1CCN2C[C@@H]1/C=C\COc1ccccc1CN(Cc1ccccc1O)CC2=O)N1CCOCC1. The van der Waals surface area contributed by atoms with Crippen LogP contribution >= 0.6 is 0 Å². The van der Waals surface area contributed by atoms with E-state index in [1.54, 1.807) is 12.1 Å². The minimum atomic E-state index is 0.0643. The van der Waals surface area contributed by atoms with Gasteiger partial charge in [0.05, 0.1) is 19.8 Å². The Kier molecular flexibility index (Phi) is 8.61. The van der Waals surface area contributed by atoms with Crippen molar-refractivity contribution in [3.05, 3.63) is 71.8 Å². The number of phenolic OH excluding ortho intramolecular Hbond substituents is 1. The number of morpholine rings is 1. The van der Waals surface area contributed by atoms with Crippen LogP contribution in [-0.4, -0.2) is 84.2 Å². The van der Waals surface area contributed by atoms with Crippen molar-refractivity contribution in [1.29, 1.82) is 0 Å². The third kappa shape index (κ3) is 6.55. The van der Waals surface area contributed by atoms with Gasteiger partial charge in [0.2, 0.25) is 11.8 Å². The summed E-state index contributed by atoms with van der Waals surface area (Å²) in [6, 6.07) is 15.2. The van der Waals surface area contributed by atoms with Crippen LogP contribution in [0.5, 0.6) is 11.5 Å². The van der Waals surface area contributed by atoms with Crippen LogP contribution in [0.1, 0.15) is 24.0 Å². The van der Waals surface area contributed by atoms with Gasteiger partial charge in [-0.15, -0.1) is 0 Å². The van der Waals surface area contributed by atoms with E-state index in [4.69, 9.17) is 9.47 Å². The molecule has 2 atom stereocenters. The molecule has 2 aromatic carbocycles. The molecular weight excluding hydrogens is 482 g/mol. The van der Waals surface area contributed by atoms with Crippen molar-refractivity contribution in [2.24, 2.45) is 11.8 Å². The van der Waals surface area contributed by atoms with Crippen LogP contribution in [0.15, 0.2) is 60.7 Å². The molecule has 2 saturated heterocycles. The highest BCUT2D eigenvalue weighted by atomic mass is 16.5. The summed E-state index contributed by atoms with van der Waals surface area (Å²) < 4.78 is 11.6. The lowest BCUT2D eigenvalue weighted by Gasteiger charge is -2.39. The van der Waals surface area contributed by atoms with Gasteiger partial charge >= 0.3 is 0 Å². The van der Waals surface area contributed by atoms with Crippen LogP contribution in [0, 0.1) is 11.8 Å². The van der Waals surface area contributed by atoms with E-state index in [2.05, 4.69) is 11.0 Å². The van der Waals surface area contributed by atoms with Gasteiger partial charge in [0.15, 0.2) is 0 Å². The van der Waals surface area contributed by atoms with E-state index in [9.17, 15) is 14.7 Å². The molecule has 202 valence electrons. The van der Waals surface area contributed by atoms with Crippen molar-refractivity contribution < 1.29 is 24.2 Å². The highest BCUT2D eigenvalue weighted by Crippen LogP contribution is 2.30. The van der Waals surface area contributed by atoms with Gasteiger partial charge in [0.25, 0.3) is 0 Å². The minimum absolute atomic E-state index is 0.0643. The van der Waals surface area contributed by atoms with Crippen LogP contribution in [0.2, 0.25) is 0 Å². The first-order chi connectivity index (χ1) is 18.6. The molecule has 8 heteroatoms. The molecule has 5 rings (SSSR count). The summed E-state index contributed by atoms with van der Waals surface area (Å²) in [7, 11) is 0. The number of piperidine rings is 1. The fourth-order valence-corrected chi connectivity index (χ4v) is 5.62. The Bertz CT molecular complexity index is 1150. The number of para-hydroxylation sites is 2. The van der Waals surface area contributed by atoms with E-state index in [0.717, 1.165) is 23.3 Å². The topological polar surface area (TPSA) is 82.6 Å². The third-order valence-corrected chi connectivity index (χ3v) is 7.79. The molecule has 2 fully saturated rings. The summed E-state index contributed by atoms with van der Waals surface area (Å²) in [6.07, 6.45) is 5.44. The zero-order valence-electron chi connectivity index (χ0n) is 21.8. The average molecular weight is 520 g/mol. The van der Waals surface area contributed by atoms with E-state index in [0.29, 0.717) is 65.5 Å². The molecule has 3 aliphatic rings. The molecule has 0 spiro atoms. The summed E-state index contributed by atoms with van der Waals surface area (Å²) in [6.45, 7) is 5.34. The van der Waals surface area contributed by atoms with E-state index >= 15 is 0 Å². The Balaban J connectivity index is 1.35. The second-order valence-corrected chi connectivity index (χ2v) is 10.4. The largest absolute Gasteiger partial charge is 0.508 e. The van der Waals surface area contributed by atoms with Gasteiger partial charge in [-0.25, -0.2) is 0 Å². The molecule has 38 heavy (non-hydrogen) atoms. The highest BCUT2D eigenvalue weighted by Gasteiger charge is 2.33. The molecule has 3 aliphatic heterocycles. The van der Waals surface area contributed by atoms with Crippen LogP contribution in [0.3, 0.4) is 0 Å². The van der Waals surface area contributed by atoms with Crippen molar-refractivity contribution in [3.63, 3.8) is 0 Å². The molecule has 2 aromatic rings. The predicted octanol–water partition coefficient (Wildman–Crippen LogP) is 3.06. The molecule has 3 heterocycles. The molecule has 0 radical (unpaired) electrons. The first-order valence-electron chi connectivity index (χ1n) is 13.6. The normalized spacial score (nSPS) is 23.8. The number of aromatic hydroxyl groups is 1. The maximum Gasteiger partial charge on any atom is 0.236 e. The van der Waals surface area contributed by atoms with Gasteiger partial charge in [-0.2, -0.15) is 0 Å². The van der Waals surface area contributed by atoms with Gasteiger partial charge in [0, 0.05) is 56.8 Å². The van der Waals surface area contributed by atoms with Crippen molar-refractivity contribution in [3.8, 4) is 11.5 Å². The van der Waals surface area contributed by atoms with E-state index in [1.165, 1.54) is 0 Å². The monoisotopic (exact) mass is 519 g/mol. The van der Waals surface area contributed by atoms with E-state index in [1.807, 2.05) is 52.3 Å². The molecular formula is C30H37N3O5. The molecule has 0 aromatic heterocycles. The first-order valence-corrected chi connectivity index (χ1v) is 13.6. The van der Waals surface area contributed by atoms with Gasteiger partial charge < -0.3 is 24.4 Å². The number of benzene rings is 2. The summed E-state index contributed by atoms with van der Waals surface area (Å²) in [5.74, 6) is 1.52. The van der Waals surface area contributed by atoms with Gasteiger partial charge in [-0.05, 0) is 30.4 Å². The van der Waals surface area contributed by atoms with Gasteiger partial charge in [-0.3, -0.25) is 14.5 Å². The number of rotatable bonds is 4. The average Bonchev–Trinajstić information content (AvgIpc) is 2.94. The number of amides is 2. The lowest BCUT2D eigenvalue weighted by atomic mass is 9.82. The smallest absolute Gasteiger partial charge is 0.236 e. The minimum Gasteiger partial charge on any atom is -0.508 e. The van der Waals surface area contributed by atoms with Crippen LogP contribution in [0.25, 0.3) is 0 Å². The Morgan fingerprint density at radius 2 is 1.79 bits per heavy atom. The Morgan fingerprint density at radius 1 is 1.00 bits per heavy atom. The van der Waals surface area contributed by atoms with Crippen LogP contribution in [-0.2, 0) is 27.4 Å². The molecule has 0 saturated carbocycles. The fourth-order valence-electron chi connectivity index (χ4n) is 5.62. The maximum absolute atomic E-state index is 13.6. The maximum atomic E-state index is 13.6. The third-order valence-electron chi connectivity index (χ3n) is 7.79. The number of ether oxygens (including phenoxy) is 2. The number of nitrogens with zero attached hydrogens (tertiary/aromatic N) is 3. The van der Waals surface area contributed by atoms with E-state index < -0.39 is 0 Å². The highest BCUT2D eigenvalue weighted by molar-refractivity contribution is 5.79. The second kappa shape index (κ2) is 12.5. The number of phenols is 1. The summed E-state index contributed by atoms with van der Waals surface area (Å²) in [5, 5.41) is 10.4. The Morgan fingerprint density at radius 3 is 2.63 bits per heavy atom. The number of hydrogen-bond acceptors (Lipinski definition) is 6. The summed E-state index contributed by atoms with van der Waals surface area (Å²) in [5.41, 5.74) is 1.78. The summed E-state index contributed by atoms with van der Waals surface area (Å²) in [4.78, 5) is 32.5. The lowest BCUT2D eigenvalue weighted by molar-refractivity contribution is -0.138. The van der Waals surface area contributed by atoms with Gasteiger partial charge in [-0.1, -0.05) is 48.6 Å². The van der Waals surface area contributed by atoms with Crippen molar-refractivity contribution in [2.45, 2.75) is 25.9 Å². The lowest BCUT2D eigenvalue weighted by Crippen LogP contribution is -2.48. The molecule has 1 N–H and O–H groups in total. The zero-order chi connectivity index (χ0) is 26.3. The quantitative estimate of drug-likeness (QED) is 0.626. The van der Waals surface area contributed by atoms with Crippen molar-refractivity contribution >= 4 is 11.8 Å². The molecule has 2 amide bonds. The van der Waals surface area contributed by atoms with Crippen LogP contribution < -0.4 is 4.74 Å². The number of hydrogen-bond donors (Lipinski definition) is 1. The van der Waals surface area contributed by atoms with Crippen LogP contribution in [0.4, 0.5) is 0 Å². The number of fused-ring (bicyclic) bond motifs is 3. The summed E-state index contributed by atoms with van der Waals surface area (Å²) >= 11 is 0. The molecule has 0 aliphatic carbocycles. The second-order valence-electron chi connectivity index (χ2n) is 10.4.